The summed E-state index contributed by atoms with van der Waals surface area (Å²) < 4.78 is 52.8. The summed E-state index contributed by atoms with van der Waals surface area (Å²) in [6, 6.07) is 8.46. The molecule has 8 heteroatoms. The molecule has 0 aliphatic heterocycles. The van der Waals surface area contributed by atoms with E-state index in [4.69, 9.17) is 16.9 Å². The van der Waals surface area contributed by atoms with Crippen LogP contribution in [0.5, 0.6) is 0 Å². The van der Waals surface area contributed by atoms with E-state index in [9.17, 15) is 17.2 Å². The molecule has 0 radical (unpaired) electrons. The fourth-order valence-corrected chi connectivity index (χ4v) is 3.15. The maximum Gasteiger partial charge on any atom is 0.263 e. The summed E-state index contributed by atoms with van der Waals surface area (Å²) in [4.78, 5) is -0.396. The highest BCUT2D eigenvalue weighted by Crippen LogP contribution is 2.26. The highest BCUT2D eigenvalue weighted by Gasteiger charge is 2.21. The first-order valence-corrected chi connectivity index (χ1v) is 7.38. The van der Waals surface area contributed by atoms with Crippen LogP contribution in [0.2, 0.25) is 5.02 Å². The van der Waals surface area contributed by atoms with Crippen molar-refractivity contribution in [2.24, 2.45) is 0 Å². The Kier molecular flexibility index (Phi) is 4.11. The van der Waals surface area contributed by atoms with E-state index in [0.717, 1.165) is 24.3 Å². The first kappa shape index (κ1) is 15.2. The van der Waals surface area contributed by atoms with Crippen LogP contribution in [-0.4, -0.2) is 8.42 Å². The predicted octanol–water partition coefficient (Wildman–Crippen LogP) is 3.29. The Morgan fingerprint density at radius 3 is 2.57 bits per heavy atom. The van der Waals surface area contributed by atoms with Gasteiger partial charge in [-0.3, -0.25) is 4.72 Å². The molecule has 4 nitrogen and oxygen atoms in total. The van der Waals surface area contributed by atoms with Gasteiger partial charge in [0.15, 0.2) is 11.6 Å². The summed E-state index contributed by atoms with van der Waals surface area (Å²) in [6.45, 7) is 0. The number of rotatable bonds is 3. The van der Waals surface area contributed by atoms with Crippen LogP contribution < -0.4 is 4.72 Å². The number of nitriles is 1. The number of sulfonamides is 1. The monoisotopic (exact) mass is 328 g/mol. The van der Waals surface area contributed by atoms with Crippen molar-refractivity contribution in [3.63, 3.8) is 0 Å². The molecule has 0 heterocycles. The van der Waals surface area contributed by atoms with Crippen molar-refractivity contribution in [2.75, 3.05) is 4.72 Å². The van der Waals surface area contributed by atoms with Gasteiger partial charge in [-0.2, -0.15) is 5.26 Å². The van der Waals surface area contributed by atoms with Gasteiger partial charge in [-0.1, -0.05) is 17.7 Å². The molecule has 2 rings (SSSR count). The van der Waals surface area contributed by atoms with Crippen LogP contribution >= 0.6 is 11.6 Å². The second-order valence-electron chi connectivity index (χ2n) is 3.96. The van der Waals surface area contributed by atoms with Crippen LogP contribution in [0.4, 0.5) is 14.5 Å². The third-order valence-electron chi connectivity index (χ3n) is 2.55. The zero-order valence-corrected chi connectivity index (χ0v) is 11.8. The predicted molar refractivity (Wildman–Crippen MR) is 73.3 cm³/mol. The SMILES string of the molecule is N#Cc1ccc(Cl)c(S(=O)(=O)Nc2cccc(F)c2F)c1. The van der Waals surface area contributed by atoms with Crippen LogP contribution in [0.25, 0.3) is 0 Å². The minimum Gasteiger partial charge on any atom is -0.276 e. The Bertz CT molecular complexity index is 848. The van der Waals surface area contributed by atoms with Gasteiger partial charge in [0.1, 0.15) is 4.90 Å². The summed E-state index contributed by atoms with van der Waals surface area (Å²) in [6.07, 6.45) is 0. The summed E-state index contributed by atoms with van der Waals surface area (Å²) in [5.41, 5.74) is -0.479. The fraction of sp³-hybridized carbons (Fsp3) is 0. The molecule has 0 unspecified atom stereocenters. The van der Waals surface area contributed by atoms with Crippen molar-refractivity contribution in [3.8, 4) is 6.07 Å². The molecule has 0 atom stereocenters. The average Bonchev–Trinajstić information content (AvgIpc) is 2.44. The van der Waals surface area contributed by atoms with Gasteiger partial charge in [-0.05, 0) is 30.3 Å². The Hall–Kier alpha value is -2.17. The number of anilines is 1. The van der Waals surface area contributed by atoms with Crippen molar-refractivity contribution < 1.29 is 17.2 Å². The molecule has 2 aromatic carbocycles. The van der Waals surface area contributed by atoms with Gasteiger partial charge < -0.3 is 0 Å². The topological polar surface area (TPSA) is 70.0 Å². The summed E-state index contributed by atoms with van der Waals surface area (Å²) >= 11 is 5.78. The van der Waals surface area contributed by atoms with Gasteiger partial charge in [0.2, 0.25) is 0 Å². The van der Waals surface area contributed by atoms with E-state index in [1.807, 2.05) is 4.72 Å². The van der Waals surface area contributed by atoms with E-state index < -0.39 is 32.2 Å². The second-order valence-corrected chi connectivity index (χ2v) is 6.02. The number of hydrogen-bond donors (Lipinski definition) is 1. The van der Waals surface area contributed by atoms with Crippen molar-refractivity contribution in [1.29, 1.82) is 5.26 Å². The Morgan fingerprint density at radius 1 is 1.19 bits per heavy atom. The third-order valence-corrected chi connectivity index (χ3v) is 4.39. The minimum atomic E-state index is -4.26. The van der Waals surface area contributed by atoms with Gasteiger partial charge >= 0.3 is 0 Å². The van der Waals surface area contributed by atoms with Crippen molar-refractivity contribution in [1.82, 2.24) is 0 Å². The maximum absolute atomic E-state index is 13.5. The molecule has 0 bridgehead atoms. The lowest BCUT2D eigenvalue weighted by Gasteiger charge is -2.10. The summed E-state index contributed by atoms with van der Waals surface area (Å²) in [7, 11) is -4.26. The third kappa shape index (κ3) is 3.12. The largest absolute Gasteiger partial charge is 0.276 e. The summed E-state index contributed by atoms with van der Waals surface area (Å²) in [5.74, 6) is -2.51. The molecule has 0 aliphatic rings. The number of nitrogens with one attached hydrogen (secondary N) is 1. The molecule has 108 valence electrons. The van der Waals surface area contributed by atoms with E-state index in [1.165, 1.54) is 12.1 Å². The lowest BCUT2D eigenvalue weighted by atomic mass is 10.2. The molecule has 1 N–H and O–H groups in total. The molecule has 0 fully saturated rings. The molecule has 0 saturated carbocycles. The molecular weight excluding hydrogens is 322 g/mol. The first-order valence-electron chi connectivity index (χ1n) is 5.51. The highest BCUT2D eigenvalue weighted by atomic mass is 35.5. The smallest absolute Gasteiger partial charge is 0.263 e. The summed E-state index contributed by atoms with van der Waals surface area (Å²) in [5, 5.41) is 8.63. The number of halogens is 3. The Morgan fingerprint density at radius 2 is 1.90 bits per heavy atom. The van der Waals surface area contributed by atoms with Crippen LogP contribution in [0.3, 0.4) is 0 Å². The maximum atomic E-state index is 13.5. The number of nitrogens with zero attached hydrogens (tertiary/aromatic N) is 1. The minimum absolute atomic E-state index is 0.0690. The van der Waals surface area contributed by atoms with Crippen molar-refractivity contribution in [3.05, 3.63) is 58.6 Å². The first-order chi connectivity index (χ1) is 9.85. The van der Waals surface area contributed by atoms with E-state index in [2.05, 4.69) is 0 Å². The van der Waals surface area contributed by atoms with E-state index in [1.54, 1.807) is 6.07 Å². The zero-order valence-electron chi connectivity index (χ0n) is 10.3. The van der Waals surface area contributed by atoms with Crippen LogP contribution in [0.1, 0.15) is 5.56 Å². The molecule has 21 heavy (non-hydrogen) atoms. The zero-order chi connectivity index (χ0) is 15.6. The molecule has 0 aliphatic carbocycles. The molecule has 0 saturated heterocycles. The van der Waals surface area contributed by atoms with Crippen molar-refractivity contribution in [2.45, 2.75) is 4.90 Å². The fourth-order valence-electron chi connectivity index (χ4n) is 1.56. The number of benzene rings is 2. The molecule has 2 aromatic rings. The lowest BCUT2D eigenvalue weighted by Crippen LogP contribution is -2.15. The van der Waals surface area contributed by atoms with Gasteiger partial charge in [0, 0.05) is 0 Å². The van der Waals surface area contributed by atoms with Gasteiger partial charge in [0.25, 0.3) is 10.0 Å². The van der Waals surface area contributed by atoms with Gasteiger partial charge in [0.05, 0.1) is 22.3 Å². The van der Waals surface area contributed by atoms with E-state index in [-0.39, 0.29) is 10.6 Å². The lowest BCUT2D eigenvalue weighted by molar-refractivity contribution is 0.511. The van der Waals surface area contributed by atoms with Crippen LogP contribution in [0, 0.1) is 23.0 Å². The van der Waals surface area contributed by atoms with Gasteiger partial charge in [-0.15, -0.1) is 0 Å². The molecular formula is C13H7ClF2N2O2S. The average molecular weight is 329 g/mol. The molecule has 0 spiro atoms. The normalized spacial score (nSPS) is 11.0. The van der Waals surface area contributed by atoms with Crippen molar-refractivity contribution >= 4 is 27.3 Å². The molecule has 0 aromatic heterocycles. The van der Waals surface area contributed by atoms with Gasteiger partial charge in [-0.25, -0.2) is 17.2 Å². The van der Waals surface area contributed by atoms with E-state index in [0.29, 0.717) is 0 Å². The Balaban J connectivity index is 2.49. The van der Waals surface area contributed by atoms with Crippen LogP contribution in [0.15, 0.2) is 41.3 Å². The number of hydrogen-bond acceptors (Lipinski definition) is 3. The second kappa shape index (κ2) is 5.68. The Labute approximate surface area is 124 Å². The van der Waals surface area contributed by atoms with E-state index >= 15 is 0 Å². The highest BCUT2D eigenvalue weighted by molar-refractivity contribution is 7.92. The standard InChI is InChI=1S/C13H7ClF2N2O2S/c14-9-5-4-8(7-17)6-12(9)21(19,20)18-11-3-1-2-10(15)13(11)16/h1-6,18H. The molecule has 0 amide bonds. The van der Waals surface area contributed by atoms with Crippen LogP contribution in [-0.2, 0) is 10.0 Å². The quantitative estimate of drug-likeness (QED) is 0.939.